The Labute approximate surface area is 117 Å². The summed E-state index contributed by atoms with van der Waals surface area (Å²) in [5, 5.41) is 9.22. The van der Waals surface area contributed by atoms with E-state index in [1.165, 1.54) is 5.56 Å². The van der Waals surface area contributed by atoms with Crippen LogP contribution in [0.1, 0.15) is 28.5 Å². The highest BCUT2D eigenvalue weighted by molar-refractivity contribution is 5.89. The van der Waals surface area contributed by atoms with Gasteiger partial charge in [0.15, 0.2) is 0 Å². The molecule has 102 valence electrons. The molecule has 4 heteroatoms. The van der Waals surface area contributed by atoms with Crippen molar-refractivity contribution in [3.63, 3.8) is 0 Å². The second-order valence-corrected chi connectivity index (χ2v) is 4.89. The zero-order chi connectivity index (χ0) is 14.1. The number of carboxylic acid groups (broad SMARTS) is 1. The van der Waals surface area contributed by atoms with Gasteiger partial charge in [0, 0.05) is 17.9 Å². The number of rotatable bonds is 3. The molecular formula is C16H16N2O2. The zero-order valence-electron chi connectivity index (χ0n) is 11.3. The van der Waals surface area contributed by atoms with Gasteiger partial charge in [-0.1, -0.05) is 25.1 Å². The van der Waals surface area contributed by atoms with Gasteiger partial charge < -0.3 is 10.0 Å². The van der Waals surface area contributed by atoms with Gasteiger partial charge in [-0.15, -0.1) is 0 Å². The molecule has 1 aromatic carbocycles. The maximum absolute atomic E-state index is 11.2. The summed E-state index contributed by atoms with van der Waals surface area (Å²) in [6, 6.07) is 11.5. The van der Waals surface area contributed by atoms with Crippen LogP contribution in [-0.4, -0.2) is 22.6 Å². The van der Waals surface area contributed by atoms with Crippen LogP contribution in [0, 0.1) is 0 Å². The molecule has 1 aliphatic heterocycles. The van der Waals surface area contributed by atoms with Crippen LogP contribution in [0.25, 0.3) is 0 Å². The van der Waals surface area contributed by atoms with Gasteiger partial charge in [-0.05, 0) is 36.6 Å². The lowest BCUT2D eigenvalue weighted by Crippen LogP contribution is -2.16. The lowest BCUT2D eigenvalue weighted by Gasteiger charge is -2.19. The van der Waals surface area contributed by atoms with Crippen LogP contribution in [0.15, 0.2) is 36.4 Å². The number of aromatic carboxylic acids is 1. The van der Waals surface area contributed by atoms with E-state index >= 15 is 0 Å². The largest absolute Gasteiger partial charge is 0.478 e. The molecule has 2 aromatic rings. The Morgan fingerprint density at radius 1 is 1.35 bits per heavy atom. The summed E-state index contributed by atoms with van der Waals surface area (Å²) in [6.07, 6.45) is 1.69. The second kappa shape index (κ2) is 4.96. The molecule has 3 rings (SSSR count). The highest BCUT2D eigenvalue weighted by Crippen LogP contribution is 2.33. The van der Waals surface area contributed by atoms with Gasteiger partial charge in [0.05, 0.1) is 5.56 Å². The topological polar surface area (TPSA) is 53.4 Å². The number of anilines is 2. The molecule has 0 amide bonds. The lowest BCUT2D eigenvalue weighted by atomic mass is 10.1. The van der Waals surface area contributed by atoms with Crippen LogP contribution in [0.5, 0.6) is 0 Å². The summed E-state index contributed by atoms with van der Waals surface area (Å²) in [6.45, 7) is 2.83. The first-order chi connectivity index (χ1) is 9.69. The molecule has 0 radical (unpaired) electrons. The molecular weight excluding hydrogens is 252 g/mol. The minimum absolute atomic E-state index is 0.302. The Morgan fingerprint density at radius 2 is 2.15 bits per heavy atom. The SMILES string of the molecule is CCc1cc(C(=O)O)cc(N2CCc3ccccc32)n1. The summed E-state index contributed by atoms with van der Waals surface area (Å²) in [5.41, 5.74) is 3.53. The number of benzene rings is 1. The van der Waals surface area contributed by atoms with Crippen molar-refractivity contribution in [2.75, 3.05) is 11.4 Å². The fourth-order valence-electron chi connectivity index (χ4n) is 2.59. The Kier molecular flexibility index (Phi) is 3.14. The molecule has 1 aromatic heterocycles. The Balaban J connectivity index is 2.07. The molecule has 0 fully saturated rings. The number of aromatic nitrogens is 1. The maximum atomic E-state index is 11.2. The molecule has 0 spiro atoms. The van der Waals surface area contributed by atoms with Crippen LogP contribution >= 0.6 is 0 Å². The first-order valence-electron chi connectivity index (χ1n) is 6.78. The average Bonchev–Trinajstić information content (AvgIpc) is 2.90. The first kappa shape index (κ1) is 12.7. The zero-order valence-corrected chi connectivity index (χ0v) is 11.3. The molecule has 1 N–H and O–H groups in total. The molecule has 0 saturated carbocycles. The van der Waals surface area contributed by atoms with Gasteiger partial charge in [0.25, 0.3) is 0 Å². The van der Waals surface area contributed by atoms with Crippen molar-refractivity contribution < 1.29 is 9.90 Å². The van der Waals surface area contributed by atoms with Crippen molar-refractivity contribution in [3.05, 3.63) is 53.2 Å². The average molecular weight is 268 g/mol. The van der Waals surface area contributed by atoms with Crippen molar-refractivity contribution in [1.82, 2.24) is 4.98 Å². The van der Waals surface area contributed by atoms with E-state index in [4.69, 9.17) is 0 Å². The molecule has 0 bridgehead atoms. The Morgan fingerprint density at radius 3 is 2.90 bits per heavy atom. The number of hydrogen-bond donors (Lipinski definition) is 1. The van der Waals surface area contributed by atoms with Crippen molar-refractivity contribution >= 4 is 17.5 Å². The minimum Gasteiger partial charge on any atom is -0.478 e. The number of carbonyl (C=O) groups is 1. The van der Waals surface area contributed by atoms with Crippen LogP contribution in [0.3, 0.4) is 0 Å². The lowest BCUT2D eigenvalue weighted by molar-refractivity contribution is 0.0696. The molecule has 0 atom stereocenters. The quantitative estimate of drug-likeness (QED) is 0.929. The van der Waals surface area contributed by atoms with Crippen LogP contribution in [0.2, 0.25) is 0 Å². The molecule has 0 aliphatic carbocycles. The van der Waals surface area contributed by atoms with E-state index in [0.717, 1.165) is 36.6 Å². The second-order valence-electron chi connectivity index (χ2n) is 4.89. The standard InChI is InChI=1S/C16H16N2O2/c1-2-13-9-12(16(19)20)10-15(17-13)18-8-7-11-5-3-4-6-14(11)18/h3-6,9-10H,2,7-8H2,1H3,(H,19,20). The fraction of sp³-hybridized carbons (Fsp3) is 0.250. The van der Waals surface area contributed by atoms with Crippen molar-refractivity contribution in [1.29, 1.82) is 0 Å². The van der Waals surface area contributed by atoms with Crippen molar-refractivity contribution in [3.8, 4) is 0 Å². The smallest absolute Gasteiger partial charge is 0.335 e. The number of nitrogens with zero attached hydrogens (tertiary/aromatic N) is 2. The third kappa shape index (κ3) is 2.13. The molecule has 0 saturated heterocycles. The Bertz CT molecular complexity index is 667. The van der Waals surface area contributed by atoms with Gasteiger partial charge in [-0.2, -0.15) is 0 Å². The minimum atomic E-state index is -0.907. The van der Waals surface area contributed by atoms with Gasteiger partial charge in [0.1, 0.15) is 5.82 Å². The molecule has 0 unspecified atom stereocenters. The van der Waals surface area contributed by atoms with E-state index in [2.05, 4.69) is 22.0 Å². The normalized spacial score (nSPS) is 13.3. The highest BCUT2D eigenvalue weighted by atomic mass is 16.4. The first-order valence-corrected chi connectivity index (χ1v) is 6.78. The molecule has 4 nitrogen and oxygen atoms in total. The number of aryl methyl sites for hydroxylation is 1. The van der Waals surface area contributed by atoms with E-state index in [-0.39, 0.29) is 0 Å². The Hall–Kier alpha value is -2.36. The summed E-state index contributed by atoms with van der Waals surface area (Å²) >= 11 is 0. The number of hydrogen-bond acceptors (Lipinski definition) is 3. The van der Waals surface area contributed by atoms with E-state index in [1.807, 2.05) is 19.1 Å². The predicted octanol–water partition coefficient (Wildman–Crippen LogP) is 3.04. The number of fused-ring (bicyclic) bond motifs is 1. The van der Waals surface area contributed by atoms with E-state index in [0.29, 0.717) is 5.56 Å². The van der Waals surface area contributed by atoms with Crippen LogP contribution in [0.4, 0.5) is 11.5 Å². The third-order valence-corrected chi connectivity index (χ3v) is 3.64. The van der Waals surface area contributed by atoms with Gasteiger partial charge in [-0.25, -0.2) is 9.78 Å². The van der Waals surface area contributed by atoms with Crippen molar-refractivity contribution in [2.24, 2.45) is 0 Å². The van der Waals surface area contributed by atoms with Crippen LogP contribution in [-0.2, 0) is 12.8 Å². The molecule has 1 aliphatic rings. The van der Waals surface area contributed by atoms with Gasteiger partial charge in [0.2, 0.25) is 0 Å². The van der Waals surface area contributed by atoms with Gasteiger partial charge in [-0.3, -0.25) is 0 Å². The summed E-state index contributed by atoms with van der Waals surface area (Å²) in [4.78, 5) is 17.9. The molecule has 20 heavy (non-hydrogen) atoms. The molecule has 2 heterocycles. The van der Waals surface area contributed by atoms with E-state index in [9.17, 15) is 9.90 Å². The highest BCUT2D eigenvalue weighted by Gasteiger charge is 2.22. The number of pyridine rings is 1. The summed E-state index contributed by atoms with van der Waals surface area (Å²) in [5.74, 6) is -0.178. The predicted molar refractivity (Wildman–Crippen MR) is 77.7 cm³/mol. The maximum Gasteiger partial charge on any atom is 0.335 e. The van der Waals surface area contributed by atoms with Crippen molar-refractivity contribution in [2.45, 2.75) is 19.8 Å². The van der Waals surface area contributed by atoms with E-state index < -0.39 is 5.97 Å². The van der Waals surface area contributed by atoms with Gasteiger partial charge >= 0.3 is 5.97 Å². The fourth-order valence-corrected chi connectivity index (χ4v) is 2.59. The number of para-hydroxylation sites is 1. The summed E-state index contributed by atoms with van der Waals surface area (Å²) in [7, 11) is 0. The van der Waals surface area contributed by atoms with E-state index in [1.54, 1.807) is 12.1 Å². The number of carboxylic acids is 1. The third-order valence-electron chi connectivity index (χ3n) is 3.64. The van der Waals surface area contributed by atoms with Crippen LogP contribution < -0.4 is 4.90 Å². The summed E-state index contributed by atoms with van der Waals surface area (Å²) < 4.78 is 0. The monoisotopic (exact) mass is 268 g/mol.